The number of hydrogen-bond acceptors (Lipinski definition) is 3. The first-order valence-electron chi connectivity index (χ1n) is 7.68. The largest absolute Gasteiger partial charge is 0.481 e. The third-order valence-electron chi connectivity index (χ3n) is 4.14. The number of aliphatic carboxylic acids is 1. The maximum absolute atomic E-state index is 10.4. The van der Waals surface area contributed by atoms with Crippen molar-refractivity contribution < 1.29 is 9.90 Å². The first-order chi connectivity index (χ1) is 9.27. The molecule has 0 spiro atoms. The summed E-state index contributed by atoms with van der Waals surface area (Å²) in [7, 11) is 0. The second-order valence-electron chi connectivity index (χ2n) is 5.62. The normalized spacial score (nSPS) is 22.2. The Bertz CT molecular complexity index is 328. The van der Waals surface area contributed by atoms with Gasteiger partial charge in [0, 0.05) is 25.2 Å². The number of allylic oxidation sites excluding steroid dienone is 1. The lowest BCUT2D eigenvalue weighted by molar-refractivity contribution is -0.137. The highest BCUT2D eigenvalue weighted by molar-refractivity contribution is 5.66. The molecule has 0 aromatic carbocycles. The molecule has 0 aromatic rings. The predicted octanol–water partition coefficient (Wildman–Crippen LogP) is 2.71. The van der Waals surface area contributed by atoms with Crippen LogP contribution in [0.1, 0.15) is 57.8 Å². The number of nitrogens with one attached hydrogen (secondary N) is 1. The molecule has 1 unspecified atom stereocenters. The Hall–Kier alpha value is -1.03. The molecule has 0 radical (unpaired) electrons. The highest BCUT2D eigenvalue weighted by Gasteiger charge is 2.27. The van der Waals surface area contributed by atoms with Crippen molar-refractivity contribution in [2.45, 2.75) is 64.0 Å². The van der Waals surface area contributed by atoms with Crippen LogP contribution < -0.4 is 5.32 Å². The quantitative estimate of drug-likeness (QED) is 0.663. The van der Waals surface area contributed by atoms with Crippen molar-refractivity contribution in [3.05, 3.63) is 11.8 Å². The standard InChI is InChI=1S/C15H26N2O2/c18-15(19)9-5-3-1-2-4-7-13-10-11-16-14-8-6-12-17(13)14/h10,14,16H,1-9,11-12H2,(H,18,19). The van der Waals surface area contributed by atoms with Crippen molar-refractivity contribution in [3.8, 4) is 0 Å². The minimum atomic E-state index is -0.667. The Kier molecular flexibility index (Phi) is 5.70. The van der Waals surface area contributed by atoms with Gasteiger partial charge in [-0.2, -0.15) is 0 Å². The number of unbranched alkanes of at least 4 members (excludes halogenated alkanes) is 4. The number of fused-ring (bicyclic) bond motifs is 1. The van der Waals surface area contributed by atoms with E-state index in [0.29, 0.717) is 12.6 Å². The van der Waals surface area contributed by atoms with Crippen LogP contribution in [0.5, 0.6) is 0 Å². The van der Waals surface area contributed by atoms with E-state index >= 15 is 0 Å². The van der Waals surface area contributed by atoms with E-state index in [4.69, 9.17) is 5.11 Å². The molecule has 19 heavy (non-hydrogen) atoms. The molecule has 1 atom stereocenters. The fourth-order valence-corrected chi connectivity index (χ4v) is 3.11. The maximum atomic E-state index is 10.4. The molecule has 0 amide bonds. The van der Waals surface area contributed by atoms with E-state index in [2.05, 4.69) is 16.3 Å². The van der Waals surface area contributed by atoms with Gasteiger partial charge in [0.25, 0.3) is 0 Å². The summed E-state index contributed by atoms with van der Waals surface area (Å²) in [5.74, 6) is -0.667. The van der Waals surface area contributed by atoms with Gasteiger partial charge in [0.1, 0.15) is 0 Å². The molecule has 108 valence electrons. The number of carbonyl (C=O) groups is 1. The Morgan fingerprint density at radius 1 is 1.32 bits per heavy atom. The monoisotopic (exact) mass is 266 g/mol. The number of carboxylic acid groups (broad SMARTS) is 1. The van der Waals surface area contributed by atoms with Gasteiger partial charge in [-0.1, -0.05) is 25.3 Å². The summed E-state index contributed by atoms with van der Waals surface area (Å²) in [5, 5.41) is 12.1. The summed E-state index contributed by atoms with van der Waals surface area (Å²) in [6.07, 6.45) is 12.6. The van der Waals surface area contributed by atoms with Crippen LogP contribution in [0, 0.1) is 0 Å². The van der Waals surface area contributed by atoms with Gasteiger partial charge < -0.3 is 10.0 Å². The van der Waals surface area contributed by atoms with Gasteiger partial charge in [0.2, 0.25) is 0 Å². The van der Waals surface area contributed by atoms with E-state index in [0.717, 1.165) is 19.4 Å². The molecular formula is C15H26N2O2. The smallest absolute Gasteiger partial charge is 0.303 e. The van der Waals surface area contributed by atoms with Crippen LogP contribution in [0.4, 0.5) is 0 Å². The van der Waals surface area contributed by atoms with Crippen molar-refractivity contribution >= 4 is 5.97 Å². The second-order valence-corrected chi connectivity index (χ2v) is 5.62. The van der Waals surface area contributed by atoms with E-state index in [1.807, 2.05) is 0 Å². The van der Waals surface area contributed by atoms with Crippen molar-refractivity contribution in [3.63, 3.8) is 0 Å². The molecule has 2 heterocycles. The molecule has 2 N–H and O–H groups in total. The van der Waals surface area contributed by atoms with Crippen LogP contribution in [0.25, 0.3) is 0 Å². The third kappa shape index (κ3) is 4.53. The lowest BCUT2D eigenvalue weighted by Crippen LogP contribution is -2.44. The summed E-state index contributed by atoms with van der Waals surface area (Å²) in [6.45, 7) is 2.23. The summed E-state index contributed by atoms with van der Waals surface area (Å²) in [4.78, 5) is 12.9. The van der Waals surface area contributed by atoms with Crippen LogP contribution in [-0.2, 0) is 4.79 Å². The topological polar surface area (TPSA) is 52.6 Å². The minimum absolute atomic E-state index is 0.326. The van der Waals surface area contributed by atoms with Crippen molar-refractivity contribution in [2.75, 3.05) is 13.1 Å². The zero-order chi connectivity index (χ0) is 13.5. The van der Waals surface area contributed by atoms with Crippen LogP contribution in [0.2, 0.25) is 0 Å². The van der Waals surface area contributed by atoms with E-state index < -0.39 is 5.97 Å². The van der Waals surface area contributed by atoms with Crippen LogP contribution in [-0.4, -0.2) is 35.2 Å². The molecule has 2 aliphatic rings. The second kappa shape index (κ2) is 7.53. The molecule has 0 saturated carbocycles. The zero-order valence-electron chi connectivity index (χ0n) is 11.7. The predicted molar refractivity (Wildman–Crippen MR) is 75.8 cm³/mol. The van der Waals surface area contributed by atoms with Crippen molar-refractivity contribution in [1.29, 1.82) is 0 Å². The van der Waals surface area contributed by atoms with E-state index in [1.54, 1.807) is 0 Å². The lowest BCUT2D eigenvalue weighted by atomic mass is 10.1. The molecule has 0 aromatic heterocycles. The van der Waals surface area contributed by atoms with Crippen molar-refractivity contribution in [2.24, 2.45) is 0 Å². The summed E-state index contributed by atoms with van der Waals surface area (Å²) in [6, 6.07) is 0. The first-order valence-corrected chi connectivity index (χ1v) is 7.68. The Balaban J connectivity index is 1.55. The Morgan fingerprint density at radius 2 is 2.11 bits per heavy atom. The highest BCUT2D eigenvalue weighted by Crippen LogP contribution is 2.26. The molecule has 1 fully saturated rings. The molecule has 2 rings (SSSR count). The number of carboxylic acids is 1. The molecule has 2 aliphatic heterocycles. The molecule has 1 saturated heterocycles. The average Bonchev–Trinajstić information content (AvgIpc) is 2.86. The zero-order valence-corrected chi connectivity index (χ0v) is 11.7. The third-order valence-corrected chi connectivity index (χ3v) is 4.14. The molecular weight excluding hydrogens is 240 g/mol. The van der Waals surface area contributed by atoms with E-state index in [-0.39, 0.29) is 0 Å². The highest BCUT2D eigenvalue weighted by atomic mass is 16.4. The average molecular weight is 266 g/mol. The fraction of sp³-hybridized carbons (Fsp3) is 0.800. The van der Waals surface area contributed by atoms with Gasteiger partial charge in [-0.3, -0.25) is 10.1 Å². The number of nitrogens with zero attached hydrogens (tertiary/aromatic N) is 1. The Morgan fingerprint density at radius 3 is 2.95 bits per heavy atom. The van der Waals surface area contributed by atoms with Gasteiger partial charge in [-0.25, -0.2) is 0 Å². The number of rotatable bonds is 8. The minimum Gasteiger partial charge on any atom is -0.481 e. The molecule has 4 heteroatoms. The summed E-state index contributed by atoms with van der Waals surface area (Å²) < 4.78 is 0. The molecule has 4 nitrogen and oxygen atoms in total. The Labute approximate surface area is 115 Å². The fourth-order valence-electron chi connectivity index (χ4n) is 3.11. The summed E-state index contributed by atoms with van der Waals surface area (Å²) >= 11 is 0. The van der Waals surface area contributed by atoms with Crippen molar-refractivity contribution in [1.82, 2.24) is 10.2 Å². The maximum Gasteiger partial charge on any atom is 0.303 e. The van der Waals surface area contributed by atoms with Gasteiger partial charge in [-0.15, -0.1) is 0 Å². The van der Waals surface area contributed by atoms with Crippen LogP contribution in [0.15, 0.2) is 11.8 Å². The van der Waals surface area contributed by atoms with Gasteiger partial charge >= 0.3 is 5.97 Å². The molecule has 0 bridgehead atoms. The number of hydrogen-bond donors (Lipinski definition) is 2. The molecule has 0 aliphatic carbocycles. The van der Waals surface area contributed by atoms with E-state index in [9.17, 15) is 4.79 Å². The van der Waals surface area contributed by atoms with Crippen LogP contribution >= 0.6 is 0 Å². The lowest BCUT2D eigenvalue weighted by Gasteiger charge is -2.33. The van der Waals surface area contributed by atoms with Crippen LogP contribution in [0.3, 0.4) is 0 Å². The van der Waals surface area contributed by atoms with Gasteiger partial charge in [-0.05, 0) is 32.1 Å². The van der Waals surface area contributed by atoms with E-state index in [1.165, 1.54) is 50.8 Å². The SMILES string of the molecule is O=C(O)CCCCCCCC1=CCNC2CCCN12. The van der Waals surface area contributed by atoms with Gasteiger partial charge in [0.05, 0.1) is 6.17 Å². The van der Waals surface area contributed by atoms with Gasteiger partial charge in [0.15, 0.2) is 0 Å². The first kappa shape index (κ1) is 14.4. The summed E-state index contributed by atoms with van der Waals surface area (Å²) in [5.41, 5.74) is 1.53.